The maximum atomic E-state index is 12.4. The van der Waals surface area contributed by atoms with Crippen LogP contribution >= 0.6 is 0 Å². The molecule has 4 nitrogen and oxygen atoms in total. The third-order valence-electron chi connectivity index (χ3n) is 4.70. The molecule has 1 aliphatic heterocycles. The molecule has 1 aromatic heterocycles. The lowest BCUT2D eigenvalue weighted by molar-refractivity contribution is 0.236. The highest BCUT2D eigenvalue weighted by Crippen LogP contribution is 2.24. The summed E-state index contributed by atoms with van der Waals surface area (Å²) in [7, 11) is -3.21. The van der Waals surface area contributed by atoms with E-state index in [0.29, 0.717) is 11.4 Å². The van der Waals surface area contributed by atoms with Crippen molar-refractivity contribution in [1.82, 2.24) is 9.47 Å². The van der Waals surface area contributed by atoms with E-state index in [1.807, 2.05) is 6.07 Å². The van der Waals surface area contributed by atoms with E-state index in [1.165, 1.54) is 16.6 Å². The number of nitrogens with zero attached hydrogens (tertiary/aromatic N) is 2. The number of hydrogen-bond donors (Lipinski definition) is 0. The summed E-state index contributed by atoms with van der Waals surface area (Å²) in [5, 5.41) is 1.26. The number of rotatable bonds is 4. The van der Waals surface area contributed by atoms with Crippen molar-refractivity contribution in [1.29, 1.82) is 0 Å². The van der Waals surface area contributed by atoms with Crippen LogP contribution in [0.3, 0.4) is 0 Å². The summed E-state index contributed by atoms with van der Waals surface area (Å²) in [6.45, 7) is 3.17. The molecule has 2 heterocycles. The van der Waals surface area contributed by atoms with Gasteiger partial charge in [0, 0.05) is 37.4 Å². The van der Waals surface area contributed by atoms with Crippen LogP contribution in [-0.4, -0.2) is 36.7 Å². The number of hydrogen-bond acceptors (Lipinski definition) is 3. The van der Waals surface area contributed by atoms with E-state index in [9.17, 15) is 8.42 Å². The minimum absolute atomic E-state index is 0.164. The topological polar surface area (TPSA) is 42.3 Å². The van der Waals surface area contributed by atoms with Gasteiger partial charge in [-0.2, -0.15) is 0 Å². The van der Waals surface area contributed by atoms with E-state index in [0.717, 1.165) is 19.6 Å². The average molecular weight is 340 g/mol. The Hall–Kier alpha value is -2.11. The lowest BCUT2D eigenvalue weighted by Crippen LogP contribution is -2.36. The van der Waals surface area contributed by atoms with Gasteiger partial charge in [0.25, 0.3) is 0 Å². The van der Waals surface area contributed by atoms with E-state index in [4.69, 9.17) is 0 Å². The number of para-hydroxylation sites is 1. The monoisotopic (exact) mass is 340 g/mol. The summed E-state index contributed by atoms with van der Waals surface area (Å²) in [5.41, 5.74) is 2.53. The number of fused-ring (bicyclic) bond motifs is 3. The SMILES string of the molecule is O=S(=O)(CCN1CCn2c(cc3ccccc32)C1)c1ccccc1. The highest BCUT2D eigenvalue weighted by atomic mass is 32.2. The molecule has 0 atom stereocenters. The number of benzene rings is 2. The highest BCUT2D eigenvalue weighted by molar-refractivity contribution is 7.91. The van der Waals surface area contributed by atoms with Crippen LogP contribution in [0, 0.1) is 0 Å². The van der Waals surface area contributed by atoms with Crippen molar-refractivity contribution >= 4 is 20.7 Å². The smallest absolute Gasteiger partial charge is 0.179 e. The summed E-state index contributed by atoms with van der Waals surface area (Å²) >= 11 is 0. The zero-order valence-corrected chi connectivity index (χ0v) is 14.2. The summed E-state index contributed by atoms with van der Waals surface area (Å²) < 4.78 is 27.2. The third kappa shape index (κ3) is 2.85. The van der Waals surface area contributed by atoms with Crippen LogP contribution < -0.4 is 0 Å². The molecule has 0 saturated carbocycles. The van der Waals surface area contributed by atoms with Crippen molar-refractivity contribution in [2.45, 2.75) is 18.0 Å². The van der Waals surface area contributed by atoms with Gasteiger partial charge in [0.05, 0.1) is 10.6 Å². The third-order valence-corrected chi connectivity index (χ3v) is 6.41. The molecule has 0 fully saturated rings. The van der Waals surface area contributed by atoms with Crippen LogP contribution in [-0.2, 0) is 22.9 Å². The van der Waals surface area contributed by atoms with Crippen molar-refractivity contribution in [3.63, 3.8) is 0 Å². The first-order valence-electron chi connectivity index (χ1n) is 8.21. The predicted octanol–water partition coefficient (Wildman–Crippen LogP) is 2.93. The van der Waals surface area contributed by atoms with E-state index in [1.54, 1.807) is 24.3 Å². The maximum absolute atomic E-state index is 12.4. The largest absolute Gasteiger partial charge is 0.342 e. The molecule has 124 valence electrons. The number of sulfone groups is 1. The zero-order chi connectivity index (χ0) is 16.6. The normalized spacial score (nSPS) is 15.5. The molecule has 1 aliphatic rings. The van der Waals surface area contributed by atoms with Crippen LogP contribution in [0.25, 0.3) is 10.9 Å². The van der Waals surface area contributed by atoms with Crippen LogP contribution in [0.15, 0.2) is 65.6 Å². The first-order valence-corrected chi connectivity index (χ1v) is 9.86. The summed E-state index contributed by atoms with van der Waals surface area (Å²) in [4.78, 5) is 2.64. The van der Waals surface area contributed by atoms with Crippen molar-refractivity contribution in [3.05, 3.63) is 66.4 Å². The van der Waals surface area contributed by atoms with E-state index in [-0.39, 0.29) is 5.75 Å². The van der Waals surface area contributed by atoms with Gasteiger partial charge in [-0.05, 0) is 29.7 Å². The average Bonchev–Trinajstić information content (AvgIpc) is 2.98. The van der Waals surface area contributed by atoms with Crippen LogP contribution in [0.2, 0.25) is 0 Å². The molecule has 0 radical (unpaired) electrons. The second kappa shape index (κ2) is 6.07. The van der Waals surface area contributed by atoms with Gasteiger partial charge < -0.3 is 4.57 Å². The predicted molar refractivity (Wildman–Crippen MR) is 95.7 cm³/mol. The molecule has 5 heteroatoms. The molecule has 0 amide bonds. The Morgan fingerprint density at radius 2 is 1.67 bits per heavy atom. The van der Waals surface area contributed by atoms with Gasteiger partial charge in [0.1, 0.15) is 0 Å². The Morgan fingerprint density at radius 3 is 2.50 bits per heavy atom. The fraction of sp³-hybridized carbons (Fsp3) is 0.263. The molecule has 24 heavy (non-hydrogen) atoms. The molecule has 0 saturated heterocycles. The lowest BCUT2D eigenvalue weighted by Gasteiger charge is -2.28. The standard InChI is InChI=1S/C19H20N2O2S/c22-24(23,18-7-2-1-3-8-18)13-12-20-10-11-21-17(15-20)14-16-6-4-5-9-19(16)21/h1-9,14H,10-13,15H2. The van der Waals surface area contributed by atoms with Gasteiger partial charge in [0.15, 0.2) is 9.84 Å². The van der Waals surface area contributed by atoms with E-state index < -0.39 is 9.84 Å². The quantitative estimate of drug-likeness (QED) is 0.733. The molecule has 0 bridgehead atoms. The van der Waals surface area contributed by atoms with Crippen LogP contribution in [0.4, 0.5) is 0 Å². The Morgan fingerprint density at radius 1 is 0.917 bits per heavy atom. The van der Waals surface area contributed by atoms with Gasteiger partial charge in [0.2, 0.25) is 0 Å². The Balaban J connectivity index is 1.48. The Labute approximate surface area is 142 Å². The van der Waals surface area contributed by atoms with Crippen LogP contribution in [0.5, 0.6) is 0 Å². The molecular formula is C19H20N2O2S. The molecule has 3 aromatic rings. The van der Waals surface area contributed by atoms with E-state index in [2.05, 4.69) is 39.8 Å². The van der Waals surface area contributed by atoms with Crippen molar-refractivity contribution < 1.29 is 8.42 Å². The van der Waals surface area contributed by atoms with Crippen molar-refractivity contribution in [3.8, 4) is 0 Å². The second-order valence-electron chi connectivity index (χ2n) is 6.25. The van der Waals surface area contributed by atoms with Gasteiger partial charge in [-0.3, -0.25) is 4.90 Å². The fourth-order valence-electron chi connectivity index (χ4n) is 3.40. The molecular weight excluding hydrogens is 320 g/mol. The zero-order valence-electron chi connectivity index (χ0n) is 13.4. The maximum Gasteiger partial charge on any atom is 0.179 e. The molecule has 0 spiro atoms. The highest BCUT2D eigenvalue weighted by Gasteiger charge is 2.21. The Kier molecular flexibility index (Phi) is 3.90. The molecule has 4 rings (SSSR count). The minimum atomic E-state index is -3.21. The van der Waals surface area contributed by atoms with Gasteiger partial charge in [-0.15, -0.1) is 0 Å². The van der Waals surface area contributed by atoms with Gasteiger partial charge in [-0.1, -0.05) is 36.4 Å². The Bertz CT molecular complexity index is 961. The van der Waals surface area contributed by atoms with Crippen molar-refractivity contribution in [2.24, 2.45) is 0 Å². The van der Waals surface area contributed by atoms with Crippen LogP contribution in [0.1, 0.15) is 5.69 Å². The molecule has 0 aliphatic carbocycles. The summed E-state index contributed by atoms with van der Waals surface area (Å²) in [5.74, 6) is 0.164. The lowest BCUT2D eigenvalue weighted by atomic mass is 10.2. The fourth-order valence-corrected chi connectivity index (χ4v) is 4.70. The molecule has 0 unspecified atom stereocenters. The number of aromatic nitrogens is 1. The van der Waals surface area contributed by atoms with E-state index >= 15 is 0 Å². The second-order valence-corrected chi connectivity index (χ2v) is 8.36. The van der Waals surface area contributed by atoms with Crippen molar-refractivity contribution in [2.75, 3.05) is 18.8 Å². The van der Waals surface area contributed by atoms with Gasteiger partial charge in [-0.25, -0.2) is 8.42 Å². The summed E-state index contributed by atoms with van der Waals surface area (Å²) in [6, 6.07) is 19.3. The first-order chi connectivity index (χ1) is 11.6. The van der Waals surface area contributed by atoms with Gasteiger partial charge >= 0.3 is 0 Å². The summed E-state index contributed by atoms with van der Waals surface area (Å²) in [6.07, 6.45) is 0. The molecule has 0 N–H and O–H groups in total. The first kappa shape index (κ1) is 15.4. The molecule has 2 aromatic carbocycles. The minimum Gasteiger partial charge on any atom is -0.342 e.